The number of unbranched alkanes of at least 4 members (excludes halogenated alkanes) is 25. The second kappa shape index (κ2) is 53.2. The third-order valence-electron chi connectivity index (χ3n) is 11.4. The Kier molecular flexibility index (Phi) is 50.4. The summed E-state index contributed by atoms with van der Waals surface area (Å²) in [5.74, 6) is -0.934. The summed E-state index contributed by atoms with van der Waals surface area (Å²) in [6, 6.07) is 0. The van der Waals surface area contributed by atoms with Gasteiger partial charge in [0.15, 0.2) is 6.10 Å². The summed E-state index contributed by atoms with van der Waals surface area (Å²) in [6.45, 7) is 6.37. The maximum Gasteiger partial charge on any atom is 0.306 e. The van der Waals surface area contributed by atoms with Crippen molar-refractivity contribution in [3.05, 3.63) is 85.1 Å². The molecule has 0 aliphatic heterocycles. The van der Waals surface area contributed by atoms with E-state index >= 15 is 0 Å². The van der Waals surface area contributed by atoms with Gasteiger partial charge >= 0.3 is 17.9 Å². The second-order valence-electron chi connectivity index (χ2n) is 17.8. The van der Waals surface area contributed by atoms with Crippen molar-refractivity contribution in [2.45, 2.75) is 258 Å². The van der Waals surface area contributed by atoms with Crippen molar-refractivity contribution < 1.29 is 28.6 Å². The van der Waals surface area contributed by atoms with Gasteiger partial charge in [-0.3, -0.25) is 14.4 Å². The molecular formula is C59H100O6. The zero-order valence-corrected chi connectivity index (χ0v) is 42.5. The average molecular weight is 905 g/mol. The summed E-state index contributed by atoms with van der Waals surface area (Å²) in [5, 5.41) is 0. The van der Waals surface area contributed by atoms with Crippen molar-refractivity contribution in [2.24, 2.45) is 0 Å². The van der Waals surface area contributed by atoms with E-state index in [2.05, 4.69) is 106 Å². The molecule has 0 aromatic heterocycles. The first kappa shape index (κ1) is 61.6. The number of esters is 3. The van der Waals surface area contributed by atoms with Crippen LogP contribution in [0.5, 0.6) is 0 Å². The maximum atomic E-state index is 12.8. The van der Waals surface area contributed by atoms with Crippen molar-refractivity contribution in [3.63, 3.8) is 0 Å². The molecule has 0 saturated heterocycles. The van der Waals surface area contributed by atoms with E-state index in [0.29, 0.717) is 19.3 Å². The largest absolute Gasteiger partial charge is 0.462 e. The predicted molar refractivity (Wildman–Crippen MR) is 279 cm³/mol. The molecule has 372 valence electrons. The lowest BCUT2D eigenvalue weighted by atomic mass is 10.1. The summed E-state index contributed by atoms with van der Waals surface area (Å²) in [7, 11) is 0. The number of carbonyl (C=O) groups excluding carboxylic acids is 3. The van der Waals surface area contributed by atoms with Gasteiger partial charge in [0, 0.05) is 19.3 Å². The van der Waals surface area contributed by atoms with Crippen LogP contribution < -0.4 is 0 Å². The van der Waals surface area contributed by atoms with E-state index in [1.54, 1.807) is 0 Å². The summed E-state index contributed by atoms with van der Waals surface area (Å²) >= 11 is 0. The van der Waals surface area contributed by atoms with Gasteiger partial charge in [-0.25, -0.2) is 0 Å². The van der Waals surface area contributed by atoms with Crippen LogP contribution in [0.25, 0.3) is 0 Å². The van der Waals surface area contributed by atoms with E-state index in [1.807, 2.05) is 0 Å². The molecule has 0 radical (unpaired) electrons. The molecule has 0 aromatic carbocycles. The highest BCUT2D eigenvalue weighted by Gasteiger charge is 2.19. The first-order chi connectivity index (χ1) is 32.0. The minimum Gasteiger partial charge on any atom is -0.462 e. The van der Waals surface area contributed by atoms with Gasteiger partial charge in [-0.2, -0.15) is 0 Å². The van der Waals surface area contributed by atoms with Gasteiger partial charge in [-0.1, -0.05) is 221 Å². The van der Waals surface area contributed by atoms with Crippen LogP contribution in [0.2, 0.25) is 0 Å². The summed E-state index contributed by atoms with van der Waals surface area (Å²) in [5.41, 5.74) is 0. The molecular weight excluding hydrogens is 805 g/mol. The highest BCUT2D eigenvalue weighted by molar-refractivity contribution is 5.71. The minimum absolute atomic E-state index is 0.0934. The lowest BCUT2D eigenvalue weighted by Gasteiger charge is -2.18. The first-order valence-corrected chi connectivity index (χ1v) is 27.1. The van der Waals surface area contributed by atoms with E-state index in [0.717, 1.165) is 116 Å². The predicted octanol–water partition coefficient (Wildman–Crippen LogP) is 18.0. The quantitative estimate of drug-likeness (QED) is 0.0199. The van der Waals surface area contributed by atoms with Crippen LogP contribution >= 0.6 is 0 Å². The Balaban J connectivity index is 4.43. The van der Waals surface area contributed by atoms with Crippen LogP contribution in [0.15, 0.2) is 85.1 Å². The van der Waals surface area contributed by atoms with Crippen LogP contribution in [0.3, 0.4) is 0 Å². The van der Waals surface area contributed by atoms with Crippen molar-refractivity contribution in [3.8, 4) is 0 Å². The first-order valence-electron chi connectivity index (χ1n) is 27.1. The Morgan fingerprint density at radius 2 is 0.677 bits per heavy atom. The molecule has 0 amide bonds. The monoisotopic (exact) mass is 905 g/mol. The van der Waals surface area contributed by atoms with E-state index in [4.69, 9.17) is 14.2 Å². The van der Waals surface area contributed by atoms with E-state index in [9.17, 15) is 14.4 Å². The van der Waals surface area contributed by atoms with Crippen molar-refractivity contribution in [2.75, 3.05) is 13.2 Å². The van der Waals surface area contributed by atoms with E-state index in [1.165, 1.54) is 96.3 Å². The molecule has 0 bridgehead atoms. The third-order valence-corrected chi connectivity index (χ3v) is 11.4. The van der Waals surface area contributed by atoms with Gasteiger partial charge in [-0.15, -0.1) is 0 Å². The lowest BCUT2D eigenvalue weighted by molar-refractivity contribution is -0.167. The molecule has 6 heteroatoms. The van der Waals surface area contributed by atoms with Gasteiger partial charge < -0.3 is 14.2 Å². The Bertz CT molecular complexity index is 1270. The van der Waals surface area contributed by atoms with Crippen molar-refractivity contribution >= 4 is 17.9 Å². The standard InChI is InChI=1S/C59H100O6/c1-4-7-10-13-16-19-22-25-28-29-30-32-34-37-40-43-46-49-52-58(61)64-55-56(54-63-57(60)51-48-45-42-39-36-33-27-24-21-18-15-12-9-6-3)65-59(62)53-50-47-44-41-38-35-31-26-23-20-17-14-11-8-5-2/h8-9,11-12,14,17-18,20-21,23,27,30,32-33,56H,4-7,10,13,15-16,19,22,24-26,28-29,31,34-55H2,1-3H3/b11-8-,12-9-,17-14-,21-18-,23-20-,32-30-,33-27-. The Hall–Kier alpha value is -3.41. The number of ether oxygens (including phenoxy) is 3. The number of hydrogen-bond acceptors (Lipinski definition) is 6. The molecule has 6 nitrogen and oxygen atoms in total. The van der Waals surface area contributed by atoms with Gasteiger partial charge in [0.25, 0.3) is 0 Å². The van der Waals surface area contributed by atoms with Crippen LogP contribution in [-0.4, -0.2) is 37.2 Å². The smallest absolute Gasteiger partial charge is 0.306 e. The Labute approximate surface area is 401 Å². The SMILES string of the molecule is CC\C=C/C=C\C=C/CCCCCCCCCC(=O)OC(COC(=O)CCCCCC/C=C\C/C=C\C/C=C\CC)COC(=O)CCCCCCC/C=C\CCCCCCCCCCC. The average Bonchev–Trinajstić information content (AvgIpc) is 3.30. The summed E-state index contributed by atoms with van der Waals surface area (Å²) in [6.07, 6.45) is 68.5. The molecule has 0 heterocycles. The molecule has 0 saturated carbocycles. The molecule has 0 rings (SSSR count). The van der Waals surface area contributed by atoms with Crippen LogP contribution in [0.1, 0.15) is 252 Å². The molecule has 0 aromatic rings. The fourth-order valence-corrected chi connectivity index (χ4v) is 7.39. The normalized spacial score (nSPS) is 12.7. The molecule has 1 atom stereocenters. The number of hydrogen-bond donors (Lipinski definition) is 0. The van der Waals surface area contributed by atoms with Crippen molar-refractivity contribution in [1.82, 2.24) is 0 Å². The molecule has 0 aliphatic rings. The maximum absolute atomic E-state index is 12.8. The molecule has 65 heavy (non-hydrogen) atoms. The van der Waals surface area contributed by atoms with Crippen LogP contribution in [-0.2, 0) is 28.6 Å². The molecule has 0 aliphatic carbocycles. The zero-order valence-electron chi connectivity index (χ0n) is 42.5. The molecule has 0 spiro atoms. The molecule has 1 unspecified atom stereocenters. The van der Waals surface area contributed by atoms with Crippen LogP contribution in [0, 0.1) is 0 Å². The highest BCUT2D eigenvalue weighted by atomic mass is 16.6. The number of allylic oxidation sites excluding steroid dienone is 14. The molecule has 0 fully saturated rings. The fourth-order valence-electron chi connectivity index (χ4n) is 7.39. The highest BCUT2D eigenvalue weighted by Crippen LogP contribution is 2.14. The van der Waals surface area contributed by atoms with Gasteiger partial charge in [0.2, 0.25) is 0 Å². The number of rotatable bonds is 48. The third kappa shape index (κ3) is 51.4. The summed E-state index contributed by atoms with van der Waals surface area (Å²) in [4.78, 5) is 38.1. The van der Waals surface area contributed by atoms with E-state index < -0.39 is 6.10 Å². The Morgan fingerprint density at radius 1 is 0.338 bits per heavy atom. The van der Waals surface area contributed by atoms with Gasteiger partial charge in [0.05, 0.1) is 0 Å². The lowest BCUT2D eigenvalue weighted by Crippen LogP contribution is -2.30. The van der Waals surface area contributed by atoms with Gasteiger partial charge in [-0.05, 0) is 96.3 Å². The zero-order chi connectivity index (χ0) is 47.2. The minimum atomic E-state index is -0.796. The second-order valence-corrected chi connectivity index (χ2v) is 17.8. The molecule has 0 N–H and O–H groups in total. The topological polar surface area (TPSA) is 78.9 Å². The number of carbonyl (C=O) groups is 3. The van der Waals surface area contributed by atoms with E-state index in [-0.39, 0.29) is 31.1 Å². The van der Waals surface area contributed by atoms with Crippen LogP contribution in [0.4, 0.5) is 0 Å². The van der Waals surface area contributed by atoms with Crippen molar-refractivity contribution in [1.29, 1.82) is 0 Å². The Morgan fingerprint density at radius 3 is 1.12 bits per heavy atom. The van der Waals surface area contributed by atoms with Gasteiger partial charge in [0.1, 0.15) is 13.2 Å². The summed E-state index contributed by atoms with van der Waals surface area (Å²) < 4.78 is 16.8. The fraction of sp³-hybridized carbons (Fsp3) is 0.712.